The van der Waals surface area contributed by atoms with Gasteiger partial charge >= 0.3 is 0 Å². The molecular weight excluding hydrogens is 368 g/mol. The zero-order valence-corrected chi connectivity index (χ0v) is 15.4. The van der Waals surface area contributed by atoms with Crippen LogP contribution in [0.1, 0.15) is 24.0 Å². The number of nitrogens with one attached hydrogen (secondary N) is 1. The maximum atomic E-state index is 12.4. The monoisotopic (exact) mass is 388 g/mol. The number of hydrogen-bond acceptors (Lipinski definition) is 3. The fraction of sp³-hybridized carbons (Fsp3) is 0.533. The van der Waals surface area contributed by atoms with Gasteiger partial charge in [0.05, 0.1) is 6.26 Å². The molecule has 1 aromatic rings. The number of anilines is 1. The van der Waals surface area contributed by atoms with E-state index in [2.05, 4.69) is 21.2 Å². The van der Waals surface area contributed by atoms with Crippen LogP contribution < -0.4 is 5.32 Å². The fourth-order valence-electron chi connectivity index (χ4n) is 2.78. The third kappa shape index (κ3) is 4.08. The summed E-state index contributed by atoms with van der Waals surface area (Å²) < 4.78 is 25.4. The molecule has 1 saturated heterocycles. The molecule has 1 aliphatic rings. The Morgan fingerprint density at radius 1 is 1.23 bits per heavy atom. The van der Waals surface area contributed by atoms with Crippen molar-refractivity contribution in [1.82, 2.24) is 4.31 Å². The van der Waals surface area contributed by atoms with Gasteiger partial charge in [0.15, 0.2) is 0 Å². The van der Waals surface area contributed by atoms with Gasteiger partial charge in [0.2, 0.25) is 15.9 Å². The fourth-order valence-corrected chi connectivity index (χ4v) is 4.34. The molecule has 22 heavy (non-hydrogen) atoms. The van der Waals surface area contributed by atoms with Gasteiger partial charge < -0.3 is 5.32 Å². The molecule has 1 aromatic carbocycles. The van der Waals surface area contributed by atoms with E-state index in [1.807, 2.05) is 26.0 Å². The van der Waals surface area contributed by atoms with Crippen LogP contribution in [-0.2, 0) is 14.8 Å². The Bertz CT molecular complexity index is 657. The Morgan fingerprint density at radius 2 is 1.73 bits per heavy atom. The van der Waals surface area contributed by atoms with Crippen LogP contribution >= 0.6 is 15.9 Å². The van der Waals surface area contributed by atoms with Crippen molar-refractivity contribution in [3.05, 3.63) is 27.7 Å². The van der Waals surface area contributed by atoms with Crippen molar-refractivity contribution in [2.45, 2.75) is 26.7 Å². The highest BCUT2D eigenvalue weighted by Crippen LogP contribution is 2.27. The number of aryl methyl sites for hydroxylation is 2. The normalized spacial score (nSPS) is 17.5. The average molecular weight is 389 g/mol. The number of amides is 1. The molecule has 0 bridgehead atoms. The highest BCUT2D eigenvalue weighted by molar-refractivity contribution is 9.10. The van der Waals surface area contributed by atoms with Crippen LogP contribution in [0.5, 0.6) is 0 Å². The third-order valence-corrected chi connectivity index (χ3v) is 5.80. The Balaban J connectivity index is 2.03. The summed E-state index contributed by atoms with van der Waals surface area (Å²) in [5.41, 5.74) is 2.86. The first-order valence-electron chi connectivity index (χ1n) is 7.21. The Labute approximate surface area is 140 Å². The lowest BCUT2D eigenvalue weighted by molar-refractivity contribution is -0.120. The topological polar surface area (TPSA) is 66.5 Å². The molecule has 1 heterocycles. The van der Waals surface area contributed by atoms with Gasteiger partial charge in [-0.1, -0.05) is 15.9 Å². The predicted octanol–water partition coefficient (Wildman–Crippen LogP) is 2.68. The van der Waals surface area contributed by atoms with Crippen molar-refractivity contribution >= 4 is 37.5 Å². The summed E-state index contributed by atoms with van der Waals surface area (Å²) >= 11 is 3.44. The van der Waals surface area contributed by atoms with Crippen molar-refractivity contribution < 1.29 is 13.2 Å². The maximum absolute atomic E-state index is 12.4. The quantitative estimate of drug-likeness (QED) is 0.865. The molecule has 0 spiro atoms. The lowest BCUT2D eigenvalue weighted by atomic mass is 9.96. The minimum absolute atomic E-state index is 0.0262. The van der Waals surface area contributed by atoms with Gasteiger partial charge in [-0.3, -0.25) is 4.79 Å². The second-order valence-electron chi connectivity index (χ2n) is 5.84. The van der Waals surface area contributed by atoms with E-state index in [9.17, 15) is 13.2 Å². The lowest BCUT2D eigenvalue weighted by Gasteiger charge is -2.29. The van der Waals surface area contributed by atoms with Crippen molar-refractivity contribution in [3.63, 3.8) is 0 Å². The summed E-state index contributed by atoms with van der Waals surface area (Å²) in [4.78, 5) is 12.4. The zero-order valence-electron chi connectivity index (χ0n) is 13.0. The number of sulfonamides is 1. The van der Waals surface area contributed by atoms with Gasteiger partial charge in [-0.05, 0) is 49.9 Å². The second-order valence-corrected chi connectivity index (χ2v) is 8.74. The van der Waals surface area contributed by atoms with Gasteiger partial charge in [0, 0.05) is 29.2 Å². The summed E-state index contributed by atoms with van der Waals surface area (Å²) in [7, 11) is -3.16. The molecule has 0 aliphatic carbocycles. The minimum atomic E-state index is -3.16. The first-order valence-corrected chi connectivity index (χ1v) is 9.85. The zero-order chi connectivity index (χ0) is 16.5. The SMILES string of the molecule is Cc1cc(Br)cc(C)c1NC(=O)C1CCN(S(C)(=O)=O)CC1. The number of benzene rings is 1. The van der Waals surface area contributed by atoms with Crippen molar-refractivity contribution in [1.29, 1.82) is 0 Å². The maximum Gasteiger partial charge on any atom is 0.227 e. The molecule has 0 aromatic heterocycles. The highest BCUT2D eigenvalue weighted by atomic mass is 79.9. The molecule has 1 fully saturated rings. The van der Waals surface area contributed by atoms with E-state index in [4.69, 9.17) is 0 Å². The summed E-state index contributed by atoms with van der Waals surface area (Å²) in [6.45, 7) is 4.74. The Kier molecular flexibility index (Phi) is 5.29. The second kappa shape index (κ2) is 6.68. The number of carbonyl (C=O) groups is 1. The van der Waals surface area contributed by atoms with Gasteiger partial charge in [-0.25, -0.2) is 12.7 Å². The molecule has 2 rings (SSSR count). The predicted molar refractivity (Wildman–Crippen MR) is 91.4 cm³/mol. The van der Waals surface area contributed by atoms with E-state index in [1.54, 1.807) is 0 Å². The van der Waals surface area contributed by atoms with Crippen LogP contribution in [0.15, 0.2) is 16.6 Å². The van der Waals surface area contributed by atoms with E-state index in [0.29, 0.717) is 25.9 Å². The van der Waals surface area contributed by atoms with E-state index >= 15 is 0 Å². The third-order valence-electron chi connectivity index (χ3n) is 4.04. The summed E-state index contributed by atoms with van der Waals surface area (Å²) in [5.74, 6) is -0.165. The molecule has 1 amide bonds. The van der Waals surface area contributed by atoms with E-state index < -0.39 is 10.0 Å². The molecule has 5 nitrogen and oxygen atoms in total. The average Bonchev–Trinajstić information content (AvgIpc) is 2.41. The molecule has 122 valence electrons. The highest BCUT2D eigenvalue weighted by Gasteiger charge is 2.29. The van der Waals surface area contributed by atoms with Crippen LogP contribution in [-0.4, -0.2) is 38.0 Å². The summed E-state index contributed by atoms with van der Waals surface area (Å²) in [5, 5.41) is 3.00. The number of hydrogen-bond donors (Lipinski definition) is 1. The first-order chi connectivity index (χ1) is 10.2. The Morgan fingerprint density at radius 3 is 2.18 bits per heavy atom. The van der Waals surface area contributed by atoms with Crippen LogP contribution in [0.4, 0.5) is 5.69 Å². The first kappa shape index (κ1) is 17.4. The van der Waals surface area contributed by atoms with Crippen molar-refractivity contribution in [2.24, 2.45) is 5.92 Å². The smallest absolute Gasteiger partial charge is 0.227 e. The molecule has 1 N–H and O–H groups in total. The van der Waals surface area contributed by atoms with Crippen molar-refractivity contribution in [3.8, 4) is 0 Å². The number of carbonyl (C=O) groups excluding carboxylic acids is 1. The van der Waals surface area contributed by atoms with Gasteiger partial charge in [0.25, 0.3) is 0 Å². The molecule has 1 aliphatic heterocycles. The van der Waals surface area contributed by atoms with E-state index in [-0.39, 0.29) is 11.8 Å². The largest absolute Gasteiger partial charge is 0.325 e. The number of halogens is 1. The summed E-state index contributed by atoms with van der Waals surface area (Å²) in [6, 6.07) is 3.93. The number of piperidine rings is 1. The van der Waals surface area contributed by atoms with Gasteiger partial charge in [0.1, 0.15) is 0 Å². The van der Waals surface area contributed by atoms with Gasteiger partial charge in [-0.15, -0.1) is 0 Å². The minimum Gasteiger partial charge on any atom is -0.325 e. The van der Waals surface area contributed by atoms with Crippen LogP contribution in [0.2, 0.25) is 0 Å². The van der Waals surface area contributed by atoms with Crippen molar-refractivity contribution in [2.75, 3.05) is 24.7 Å². The van der Waals surface area contributed by atoms with E-state index in [1.165, 1.54) is 10.6 Å². The molecular formula is C15H21BrN2O3S. The molecule has 0 saturated carbocycles. The lowest BCUT2D eigenvalue weighted by Crippen LogP contribution is -2.41. The number of nitrogens with zero attached hydrogens (tertiary/aromatic N) is 1. The standard InChI is InChI=1S/C15H21BrN2O3S/c1-10-8-13(16)9-11(2)14(10)17-15(19)12-4-6-18(7-5-12)22(3,20)21/h8-9,12H,4-7H2,1-3H3,(H,17,19). The van der Waals surface area contributed by atoms with Crippen LogP contribution in [0, 0.1) is 19.8 Å². The van der Waals surface area contributed by atoms with Crippen LogP contribution in [0.25, 0.3) is 0 Å². The number of rotatable bonds is 3. The van der Waals surface area contributed by atoms with E-state index in [0.717, 1.165) is 21.3 Å². The molecule has 0 atom stereocenters. The van der Waals surface area contributed by atoms with Gasteiger partial charge in [-0.2, -0.15) is 0 Å². The molecule has 0 unspecified atom stereocenters. The summed E-state index contributed by atoms with van der Waals surface area (Å²) in [6.07, 6.45) is 2.34. The Hall–Kier alpha value is -0.920. The molecule has 7 heteroatoms. The molecule has 0 radical (unpaired) electrons. The van der Waals surface area contributed by atoms with Crippen LogP contribution in [0.3, 0.4) is 0 Å².